The molecule has 0 aromatic heterocycles. The molecular weight excluding hydrogens is 292 g/mol. The molecule has 0 radical (unpaired) electrons. The molecule has 0 bridgehead atoms. The second-order valence-electron chi connectivity index (χ2n) is 5.05. The number of benzene rings is 2. The summed E-state index contributed by atoms with van der Waals surface area (Å²) in [6.45, 7) is 2.25. The molecule has 0 nitrogen and oxygen atoms in total. The second-order valence-corrected chi connectivity index (χ2v) is 9.94. The van der Waals surface area contributed by atoms with Crippen LogP contribution >= 0.6 is 11.6 Å². The van der Waals surface area contributed by atoms with Crippen LogP contribution in [0, 0.1) is 0 Å². The third-order valence-electron chi connectivity index (χ3n) is 3.84. The summed E-state index contributed by atoms with van der Waals surface area (Å²) < 4.78 is 0. The minimum Gasteiger partial charge on any atom is -1.00 e. The molecule has 2 rings (SSSR count). The summed E-state index contributed by atoms with van der Waals surface area (Å²) in [5.74, 6) is 0. The molecule has 0 heterocycles. The summed E-state index contributed by atoms with van der Waals surface area (Å²) in [5.41, 5.74) is 0.765. The van der Waals surface area contributed by atoms with Gasteiger partial charge in [0.1, 0.15) is 8.07 Å². The largest absolute Gasteiger partial charge is 2.00 e. The van der Waals surface area contributed by atoms with Gasteiger partial charge in [0, 0.05) is 5.50 Å². The standard InChI is InChI=1S/C17H21ClSi.Mg.2H/c1-2-3-14-19(15-18,16-10-6-4-7-11-16)17-12-8-5-9-13-17;;;/h4-13H,2-3,14-15H2,1H3;;;/q;+2;2*-1. The maximum absolute atomic E-state index is 6.49. The Labute approximate surface area is 147 Å². The molecule has 20 heavy (non-hydrogen) atoms. The normalized spacial score (nSPS) is 10.9. The Morgan fingerprint density at radius 2 is 1.35 bits per heavy atom. The fourth-order valence-electron chi connectivity index (χ4n) is 2.67. The van der Waals surface area contributed by atoms with E-state index < -0.39 is 8.07 Å². The van der Waals surface area contributed by atoms with Crippen molar-refractivity contribution in [3.63, 3.8) is 0 Å². The van der Waals surface area contributed by atoms with E-state index in [0.717, 1.165) is 5.50 Å². The molecule has 0 atom stereocenters. The van der Waals surface area contributed by atoms with Crippen LogP contribution in [0.2, 0.25) is 6.04 Å². The maximum Gasteiger partial charge on any atom is 2.00 e. The first-order valence-corrected chi connectivity index (χ1v) is 9.95. The zero-order valence-corrected chi connectivity index (χ0v) is 15.4. The van der Waals surface area contributed by atoms with Gasteiger partial charge in [0.2, 0.25) is 0 Å². The Hall–Kier alpha value is -0.287. The fraction of sp³-hybridized carbons (Fsp3) is 0.294. The van der Waals surface area contributed by atoms with E-state index in [1.807, 2.05) is 0 Å². The van der Waals surface area contributed by atoms with Gasteiger partial charge in [0.15, 0.2) is 0 Å². The van der Waals surface area contributed by atoms with Crippen LogP contribution < -0.4 is 10.4 Å². The van der Waals surface area contributed by atoms with Gasteiger partial charge < -0.3 is 2.85 Å². The van der Waals surface area contributed by atoms with E-state index in [-0.39, 0.29) is 25.9 Å². The molecule has 0 aliphatic carbocycles. The van der Waals surface area contributed by atoms with Gasteiger partial charge in [-0.15, -0.1) is 11.6 Å². The number of hydrogen-bond donors (Lipinski definition) is 0. The van der Waals surface area contributed by atoms with Gasteiger partial charge in [-0.25, -0.2) is 0 Å². The Balaban J connectivity index is 0. The SMILES string of the molecule is CCCC[Si](CCl)(c1ccccc1)c1ccccc1.[H-].[H-].[Mg+2]. The molecule has 2 aromatic carbocycles. The van der Waals surface area contributed by atoms with Crippen LogP contribution in [0.3, 0.4) is 0 Å². The van der Waals surface area contributed by atoms with Crippen molar-refractivity contribution in [3.05, 3.63) is 60.7 Å². The molecule has 0 fully saturated rings. The van der Waals surface area contributed by atoms with E-state index in [1.54, 1.807) is 0 Å². The molecule has 104 valence electrons. The minimum absolute atomic E-state index is 0. The third kappa shape index (κ3) is 3.88. The quantitative estimate of drug-likeness (QED) is 0.564. The van der Waals surface area contributed by atoms with Crippen LogP contribution in [0.4, 0.5) is 0 Å². The van der Waals surface area contributed by atoms with Gasteiger partial charge in [0.25, 0.3) is 0 Å². The van der Waals surface area contributed by atoms with Crippen LogP contribution in [-0.2, 0) is 0 Å². The van der Waals surface area contributed by atoms with Crippen molar-refractivity contribution in [2.24, 2.45) is 0 Å². The van der Waals surface area contributed by atoms with Crippen LogP contribution in [0.25, 0.3) is 0 Å². The van der Waals surface area contributed by atoms with E-state index in [9.17, 15) is 0 Å². The summed E-state index contributed by atoms with van der Waals surface area (Å²) in [4.78, 5) is 0. The van der Waals surface area contributed by atoms with Gasteiger partial charge in [-0.2, -0.15) is 0 Å². The number of hydrogen-bond acceptors (Lipinski definition) is 0. The molecule has 0 unspecified atom stereocenters. The van der Waals surface area contributed by atoms with Crippen molar-refractivity contribution in [1.82, 2.24) is 0 Å². The van der Waals surface area contributed by atoms with E-state index in [1.165, 1.54) is 29.3 Å². The van der Waals surface area contributed by atoms with Gasteiger partial charge >= 0.3 is 23.1 Å². The molecular formula is C17H23ClMgSi. The van der Waals surface area contributed by atoms with Crippen LogP contribution in [0.5, 0.6) is 0 Å². The van der Waals surface area contributed by atoms with Crippen LogP contribution in [-0.4, -0.2) is 36.6 Å². The zero-order valence-electron chi connectivity index (χ0n) is 14.2. The maximum atomic E-state index is 6.49. The van der Waals surface area contributed by atoms with Crippen molar-refractivity contribution in [2.45, 2.75) is 25.8 Å². The minimum atomic E-state index is -1.78. The number of halogens is 1. The molecule has 0 spiro atoms. The first kappa shape index (κ1) is 17.8. The van der Waals surface area contributed by atoms with Crippen molar-refractivity contribution in [3.8, 4) is 0 Å². The average Bonchev–Trinajstić information content (AvgIpc) is 2.51. The summed E-state index contributed by atoms with van der Waals surface area (Å²) in [5, 5.41) is 2.93. The number of rotatable bonds is 6. The van der Waals surface area contributed by atoms with Crippen molar-refractivity contribution in [1.29, 1.82) is 0 Å². The first-order chi connectivity index (χ1) is 9.33. The van der Waals surface area contributed by atoms with Crippen LogP contribution in [0.15, 0.2) is 60.7 Å². The molecule has 0 saturated carbocycles. The summed E-state index contributed by atoms with van der Waals surface area (Å²) in [6.07, 6.45) is 2.48. The molecule has 0 amide bonds. The predicted octanol–water partition coefficient (Wildman–Crippen LogP) is 3.67. The van der Waals surface area contributed by atoms with Crippen molar-refractivity contribution >= 4 is 53.1 Å². The predicted molar refractivity (Wildman–Crippen MR) is 96.3 cm³/mol. The second kappa shape index (κ2) is 8.88. The topological polar surface area (TPSA) is 0 Å². The van der Waals surface area contributed by atoms with Gasteiger partial charge in [0.05, 0.1) is 0 Å². The Morgan fingerprint density at radius 3 is 1.70 bits per heavy atom. The smallest absolute Gasteiger partial charge is 1.00 e. The molecule has 0 aliphatic heterocycles. The Kier molecular flexibility index (Phi) is 7.89. The first-order valence-electron chi connectivity index (χ1n) is 7.00. The zero-order chi connectivity index (χ0) is 13.6. The molecule has 0 aliphatic rings. The molecule has 3 heteroatoms. The van der Waals surface area contributed by atoms with E-state index in [0.29, 0.717) is 0 Å². The van der Waals surface area contributed by atoms with Crippen molar-refractivity contribution in [2.75, 3.05) is 5.50 Å². The van der Waals surface area contributed by atoms with E-state index >= 15 is 0 Å². The fourth-order valence-corrected chi connectivity index (χ4v) is 7.97. The van der Waals surface area contributed by atoms with E-state index in [2.05, 4.69) is 67.6 Å². The number of alkyl halides is 1. The van der Waals surface area contributed by atoms with Crippen LogP contribution in [0.1, 0.15) is 22.6 Å². The Bertz CT molecular complexity index is 457. The summed E-state index contributed by atoms with van der Waals surface area (Å²) in [6, 6.07) is 23.0. The average molecular weight is 315 g/mol. The van der Waals surface area contributed by atoms with E-state index in [4.69, 9.17) is 11.6 Å². The molecule has 2 aromatic rings. The van der Waals surface area contributed by atoms with Gasteiger partial charge in [-0.3, -0.25) is 0 Å². The molecule has 0 saturated heterocycles. The monoisotopic (exact) mass is 314 g/mol. The summed E-state index contributed by atoms with van der Waals surface area (Å²) in [7, 11) is -1.78. The Morgan fingerprint density at radius 1 is 0.900 bits per heavy atom. The summed E-state index contributed by atoms with van der Waals surface area (Å²) >= 11 is 6.49. The van der Waals surface area contributed by atoms with Crippen molar-refractivity contribution < 1.29 is 2.85 Å². The third-order valence-corrected chi connectivity index (χ3v) is 9.75. The van der Waals surface area contributed by atoms with Gasteiger partial charge in [-0.1, -0.05) is 90.8 Å². The number of unbranched alkanes of at least 4 members (excludes halogenated alkanes) is 1. The molecule has 0 N–H and O–H groups in total. The van der Waals surface area contributed by atoms with Gasteiger partial charge in [-0.05, 0) is 6.04 Å².